The molecule has 0 aliphatic heterocycles. The van der Waals surface area contributed by atoms with Crippen LogP contribution in [0, 0.1) is 0 Å². The Bertz CT molecular complexity index is 608. The third kappa shape index (κ3) is 4.12. The molecule has 0 spiro atoms. The lowest BCUT2D eigenvalue weighted by molar-refractivity contribution is -0.136. The van der Waals surface area contributed by atoms with Gasteiger partial charge in [-0.2, -0.15) is 0 Å². The first kappa shape index (κ1) is 15.1. The van der Waals surface area contributed by atoms with Gasteiger partial charge < -0.3 is 5.11 Å². The van der Waals surface area contributed by atoms with Crippen molar-refractivity contribution >= 4 is 33.7 Å². The second kappa shape index (κ2) is 6.95. The normalized spacial score (nSPS) is 10.5. The molecule has 0 aliphatic rings. The van der Waals surface area contributed by atoms with Gasteiger partial charge in [-0.25, -0.2) is 0 Å². The zero-order valence-electron chi connectivity index (χ0n) is 11.1. The van der Waals surface area contributed by atoms with E-state index in [0.717, 1.165) is 21.4 Å². The van der Waals surface area contributed by atoms with Crippen LogP contribution in [0.1, 0.15) is 18.1 Å². The van der Waals surface area contributed by atoms with E-state index in [9.17, 15) is 4.79 Å². The molecule has 2 aromatic carbocycles. The van der Waals surface area contributed by atoms with Crippen molar-refractivity contribution in [1.82, 2.24) is 0 Å². The highest BCUT2D eigenvalue weighted by Gasteiger charge is 2.04. The van der Waals surface area contributed by atoms with Crippen molar-refractivity contribution in [3.63, 3.8) is 0 Å². The summed E-state index contributed by atoms with van der Waals surface area (Å²) >= 11 is 5.25. The molecule has 20 heavy (non-hydrogen) atoms. The number of hydrogen-bond acceptors (Lipinski definition) is 2. The molecular weight excluding hydrogens is 336 g/mol. The van der Waals surface area contributed by atoms with Crippen LogP contribution < -0.4 is 0 Å². The van der Waals surface area contributed by atoms with Gasteiger partial charge in [-0.05, 0) is 41.8 Å². The van der Waals surface area contributed by atoms with Gasteiger partial charge in [-0.15, -0.1) is 0 Å². The van der Waals surface area contributed by atoms with Gasteiger partial charge in [0.25, 0.3) is 0 Å². The molecule has 104 valence electrons. The van der Waals surface area contributed by atoms with Crippen LogP contribution in [0.3, 0.4) is 0 Å². The Morgan fingerprint density at radius 2 is 1.80 bits per heavy atom. The van der Waals surface area contributed by atoms with Crippen molar-refractivity contribution in [2.24, 2.45) is 0 Å². The topological polar surface area (TPSA) is 37.3 Å². The van der Waals surface area contributed by atoms with E-state index in [1.165, 1.54) is 10.5 Å². The third-order valence-corrected chi connectivity index (χ3v) is 4.66. The molecule has 0 bridgehead atoms. The van der Waals surface area contributed by atoms with E-state index < -0.39 is 5.97 Å². The van der Waals surface area contributed by atoms with Crippen LogP contribution in [0.4, 0.5) is 0 Å². The molecule has 4 heteroatoms. The Labute approximate surface area is 131 Å². The van der Waals surface area contributed by atoms with Crippen LogP contribution in [-0.4, -0.2) is 11.1 Å². The zero-order chi connectivity index (χ0) is 14.5. The maximum atomic E-state index is 10.6. The molecule has 0 atom stereocenters. The van der Waals surface area contributed by atoms with Crippen molar-refractivity contribution in [2.45, 2.75) is 29.6 Å². The predicted molar refractivity (Wildman–Crippen MR) is 85.4 cm³/mol. The smallest absolute Gasteiger partial charge is 0.307 e. The SMILES string of the molecule is CCc1ccc(Sc2ccc(CC(=O)O)cc2)cc1Br. The molecular formula is C16H15BrO2S. The number of aliphatic carboxylic acids is 1. The van der Waals surface area contributed by atoms with E-state index in [1.54, 1.807) is 11.8 Å². The lowest BCUT2D eigenvalue weighted by Gasteiger charge is -2.06. The number of rotatable bonds is 5. The van der Waals surface area contributed by atoms with Gasteiger partial charge in [0, 0.05) is 14.3 Å². The van der Waals surface area contributed by atoms with Gasteiger partial charge in [-0.3, -0.25) is 4.79 Å². The van der Waals surface area contributed by atoms with Crippen molar-refractivity contribution in [3.8, 4) is 0 Å². The summed E-state index contributed by atoms with van der Waals surface area (Å²) in [4.78, 5) is 12.9. The van der Waals surface area contributed by atoms with Crippen molar-refractivity contribution < 1.29 is 9.90 Å². The van der Waals surface area contributed by atoms with E-state index in [0.29, 0.717) is 0 Å². The fraction of sp³-hybridized carbons (Fsp3) is 0.188. The number of aryl methyl sites for hydroxylation is 1. The largest absolute Gasteiger partial charge is 0.481 e. The number of carbonyl (C=O) groups is 1. The summed E-state index contributed by atoms with van der Waals surface area (Å²) in [6.07, 6.45) is 1.08. The van der Waals surface area contributed by atoms with Gasteiger partial charge in [0.2, 0.25) is 0 Å². The summed E-state index contributed by atoms with van der Waals surface area (Å²) in [5, 5.41) is 8.74. The fourth-order valence-corrected chi connectivity index (χ4v) is 3.53. The number of hydrogen-bond donors (Lipinski definition) is 1. The molecule has 0 saturated heterocycles. The molecule has 0 heterocycles. The summed E-state index contributed by atoms with van der Waals surface area (Å²) in [6, 6.07) is 14.0. The fourth-order valence-electron chi connectivity index (χ4n) is 1.86. The Hall–Kier alpha value is -1.26. The number of carboxylic acid groups (broad SMARTS) is 1. The van der Waals surface area contributed by atoms with Crippen LogP contribution in [0.15, 0.2) is 56.7 Å². The molecule has 1 N–H and O–H groups in total. The lowest BCUT2D eigenvalue weighted by Crippen LogP contribution is -1.99. The zero-order valence-corrected chi connectivity index (χ0v) is 13.5. The van der Waals surface area contributed by atoms with Gasteiger partial charge >= 0.3 is 5.97 Å². The highest BCUT2D eigenvalue weighted by atomic mass is 79.9. The van der Waals surface area contributed by atoms with Crippen molar-refractivity contribution in [3.05, 3.63) is 58.1 Å². The maximum absolute atomic E-state index is 10.6. The standard InChI is InChI=1S/C16H15BrO2S/c1-2-12-5-8-14(10-15(12)17)20-13-6-3-11(4-7-13)9-16(18)19/h3-8,10H,2,9H2,1H3,(H,18,19). The summed E-state index contributed by atoms with van der Waals surface area (Å²) in [5.74, 6) is -0.801. The number of halogens is 1. The minimum Gasteiger partial charge on any atom is -0.481 e. The van der Waals surface area contributed by atoms with E-state index in [4.69, 9.17) is 5.11 Å². The Balaban J connectivity index is 2.10. The van der Waals surface area contributed by atoms with E-state index in [2.05, 4.69) is 41.1 Å². The highest BCUT2D eigenvalue weighted by molar-refractivity contribution is 9.10. The molecule has 0 saturated carbocycles. The minimum atomic E-state index is -0.801. The summed E-state index contributed by atoms with van der Waals surface area (Å²) in [7, 11) is 0. The average Bonchev–Trinajstić information content (AvgIpc) is 2.41. The first-order valence-corrected chi connectivity index (χ1v) is 7.96. The van der Waals surface area contributed by atoms with Crippen LogP contribution in [-0.2, 0) is 17.6 Å². The van der Waals surface area contributed by atoms with Crippen LogP contribution in [0.2, 0.25) is 0 Å². The Morgan fingerprint density at radius 1 is 1.15 bits per heavy atom. The van der Waals surface area contributed by atoms with Gasteiger partial charge in [0.1, 0.15) is 0 Å². The van der Waals surface area contributed by atoms with E-state index >= 15 is 0 Å². The number of benzene rings is 2. The lowest BCUT2D eigenvalue weighted by atomic mass is 10.2. The van der Waals surface area contributed by atoms with Crippen molar-refractivity contribution in [2.75, 3.05) is 0 Å². The monoisotopic (exact) mass is 350 g/mol. The van der Waals surface area contributed by atoms with E-state index in [-0.39, 0.29) is 6.42 Å². The van der Waals surface area contributed by atoms with Gasteiger partial charge in [0.05, 0.1) is 6.42 Å². The predicted octanol–water partition coefficient (Wildman–Crippen LogP) is 4.79. The van der Waals surface area contributed by atoms with E-state index in [1.807, 2.05) is 24.3 Å². The molecule has 0 aliphatic carbocycles. The van der Waals surface area contributed by atoms with Crippen molar-refractivity contribution in [1.29, 1.82) is 0 Å². The summed E-state index contributed by atoms with van der Waals surface area (Å²) < 4.78 is 1.13. The second-order valence-corrected chi connectivity index (χ2v) is 6.42. The van der Waals surface area contributed by atoms with Gasteiger partial charge in [-0.1, -0.05) is 52.8 Å². The molecule has 0 unspecified atom stereocenters. The molecule has 0 amide bonds. The quantitative estimate of drug-likeness (QED) is 0.842. The number of carboxylic acids is 1. The molecule has 2 aromatic rings. The summed E-state index contributed by atoms with van der Waals surface area (Å²) in [5.41, 5.74) is 2.12. The first-order chi connectivity index (χ1) is 9.58. The molecule has 0 aromatic heterocycles. The molecule has 2 rings (SSSR count). The van der Waals surface area contributed by atoms with Crippen LogP contribution in [0.5, 0.6) is 0 Å². The van der Waals surface area contributed by atoms with Crippen LogP contribution in [0.25, 0.3) is 0 Å². The maximum Gasteiger partial charge on any atom is 0.307 e. The molecule has 2 nitrogen and oxygen atoms in total. The Morgan fingerprint density at radius 3 is 2.35 bits per heavy atom. The second-order valence-electron chi connectivity index (χ2n) is 4.42. The third-order valence-electron chi connectivity index (χ3n) is 2.92. The summed E-state index contributed by atoms with van der Waals surface area (Å²) in [6.45, 7) is 2.13. The van der Waals surface area contributed by atoms with Crippen LogP contribution >= 0.6 is 27.7 Å². The Kier molecular flexibility index (Phi) is 5.26. The molecule has 0 fully saturated rings. The molecule has 0 radical (unpaired) electrons. The first-order valence-electron chi connectivity index (χ1n) is 6.35. The highest BCUT2D eigenvalue weighted by Crippen LogP contribution is 2.31. The average molecular weight is 351 g/mol. The minimum absolute atomic E-state index is 0.0711. The van der Waals surface area contributed by atoms with Gasteiger partial charge in [0.15, 0.2) is 0 Å².